The van der Waals surface area contributed by atoms with Crippen molar-refractivity contribution in [2.75, 3.05) is 14.2 Å². The quantitative estimate of drug-likeness (QED) is 0.540. The molecule has 4 aromatic rings. The highest BCUT2D eigenvalue weighted by molar-refractivity contribution is 5.95. The molecule has 136 valence electrons. The molecule has 0 aliphatic carbocycles. The molecule has 0 radical (unpaired) electrons. The Bertz CT molecular complexity index is 1110. The first-order valence-corrected chi connectivity index (χ1v) is 8.33. The molecule has 27 heavy (non-hydrogen) atoms. The van der Waals surface area contributed by atoms with Crippen molar-refractivity contribution in [3.63, 3.8) is 0 Å². The van der Waals surface area contributed by atoms with E-state index < -0.39 is 0 Å². The minimum absolute atomic E-state index is 0.248. The van der Waals surface area contributed by atoms with Gasteiger partial charge in [-0.3, -0.25) is 4.68 Å². The Balaban J connectivity index is 1.75. The summed E-state index contributed by atoms with van der Waals surface area (Å²) in [6.07, 6.45) is 5.27. The predicted octanol–water partition coefficient (Wildman–Crippen LogP) is 3.70. The summed E-state index contributed by atoms with van der Waals surface area (Å²) in [5.74, 6) is 0.951. The lowest BCUT2D eigenvalue weighted by Crippen LogP contribution is -2.01. The van der Waals surface area contributed by atoms with Crippen molar-refractivity contribution in [1.82, 2.24) is 20.0 Å². The molecular formula is C20H17FN4O2. The lowest BCUT2D eigenvalue weighted by molar-refractivity contribution is 0.356. The van der Waals surface area contributed by atoms with E-state index in [1.807, 2.05) is 18.3 Å². The molecule has 0 amide bonds. The van der Waals surface area contributed by atoms with E-state index in [2.05, 4.69) is 15.3 Å². The molecule has 0 aliphatic rings. The standard InChI is InChI=1S/C20H17FN4O2/c1-26-19-7-15-16(10-22-24-18(15)8-20(19)27-2)14-9-23-25(12-14)11-13-5-3-4-6-17(13)21/h3-10,12H,11H2,1-2H3. The maximum absolute atomic E-state index is 13.9. The molecule has 0 saturated heterocycles. The van der Waals surface area contributed by atoms with Crippen LogP contribution in [-0.2, 0) is 6.54 Å². The number of fused-ring (bicyclic) bond motifs is 1. The summed E-state index contributed by atoms with van der Waals surface area (Å²) in [5, 5.41) is 13.5. The van der Waals surface area contributed by atoms with Gasteiger partial charge in [0.2, 0.25) is 0 Å². The summed E-state index contributed by atoms with van der Waals surface area (Å²) in [6, 6.07) is 10.3. The van der Waals surface area contributed by atoms with Gasteiger partial charge in [-0.15, -0.1) is 0 Å². The van der Waals surface area contributed by atoms with Gasteiger partial charge in [0.1, 0.15) is 5.82 Å². The highest BCUT2D eigenvalue weighted by atomic mass is 19.1. The van der Waals surface area contributed by atoms with Gasteiger partial charge in [0.25, 0.3) is 0 Å². The van der Waals surface area contributed by atoms with Gasteiger partial charge in [-0.25, -0.2) is 4.39 Å². The molecule has 0 N–H and O–H groups in total. The summed E-state index contributed by atoms with van der Waals surface area (Å²) in [4.78, 5) is 0. The van der Waals surface area contributed by atoms with E-state index in [0.29, 0.717) is 29.1 Å². The largest absolute Gasteiger partial charge is 0.493 e. The number of benzene rings is 2. The Morgan fingerprint density at radius 2 is 1.81 bits per heavy atom. The molecule has 6 nitrogen and oxygen atoms in total. The van der Waals surface area contributed by atoms with E-state index in [1.165, 1.54) is 6.07 Å². The Morgan fingerprint density at radius 3 is 2.59 bits per heavy atom. The van der Waals surface area contributed by atoms with Gasteiger partial charge < -0.3 is 9.47 Å². The van der Waals surface area contributed by atoms with E-state index >= 15 is 0 Å². The van der Waals surface area contributed by atoms with Gasteiger partial charge >= 0.3 is 0 Å². The second kappa shape index (κ2) is 7.03. The van der Waals surface area contributed by atoms with Gasteiger partial charge in [-0.05, 0) is 12.1 Å². The summed E-state index contributed by atoms with van der Waals surface area (Å²) in [5.41, 5.74) is 2.99. The molecule has 2 aromatic carbocycles. The molecule has 0 bridgehead atoms. The number of nitrogens with zero attached hydrogens (tertiary/aromatic N) is 4. The fraction of sp³-hybridized carbons (Fsp3) is 0.150. The molecule has 0 saturated carbocycles. The maximum atomic E-state index is 13.9. The van der Waals surface area contributed by atoms with E-state index in [-0.39, 0.29) is 5.82 Å². The average Bonchev–Trinajstić information content (AvgIpc) is 3.16. The van der Waals surface area contributed by atoms with Crippen LogP contribution in [0.25, 0.3) is 22.0 Å². The van der Waals surface area contributed by atoms with Gasteiger partial charge in [0.15, 0.2) is 11.5 Å². The van der Waals surface area contributed by atoms with Crippen LogP contribution in [0, 0.1) is 5.82 Å². The van der Waals surface area contributed by atoms with Crippen molar-refractivity contribution >= 4 is 10.9 Å². The SMILES string of the molecule is COc1cc2nncc(-c3cnn(Cc4ccccc4F)c3)c2cc1OC. The van der Waals surface area contributed by atoms with Crippen LogP contribution in [0.5, 0.6) is 11.5 Å². The highest BCUT2D eigenvalue weighted by Gasteiger charge is 2.13. The second-order valence-electron chi connectivity index (χ2n) is 6.00. The van der Waals surface area contributed by atoms with Crippen LogP contribution in [0.1, 0.15) is 5.56 Å². The zero-order valence-corrected chi connectivity index (χ0v) is 14.9. The van der Waals surface area contributed by atoms with Crippen LogP contribution in [0.3, 0.4) is 0 Å². The van der Waals surface area contributed by atoms with Crippen molar-refractivity contribution in [1.29, 1.82) is 0 Å². The van der Waals surface area contributed by atoms with Crippen LogP contribution >= 0.6 is 0 Å². The van der Waals surface area contributed by atoms with E-state index in [9.17, 15) is 4.39 Å². The zero-order valence-electron chi connectivity index (χ0n) is 14.9. The molecule has 2 aromatic heterocycles. The molecule has 7 heteroatoms. The third-order valence-electron chi connectivity index (χ3n) is 4.38. The zero-order chi connectivity index (χ0) is 18.8. The number of hydrogen-bond donors (Lipinski definition) is 0. The summed E-state index contributed by atoms with van der Waals surface area (Å²) >= 11 is 0. The predicted molar refractivity (Wildman–Crippen MR) is 99.4 cm³/mol. The normalized spacial score (nSPS) is 10.9. The number of methoxy groups -OCH3 is 2. The van der Waals surface area contributed by atoms with Crippen molar-refractivity contribution in [2.24, 2.45) is 0 Å². The third kappa shape index (κ3) is 3.19. The van der Waals surface area contributed by atoms with Gasteiger partial charge in [-0.2, -0.15) is 15.3 Å². The number of hydrogen-bond acceptors (Lipinski definition) is 5. The summed E-state index contributed by atoms with van der Waals surface area (Å²) in [6.45, 7) is 0.347. The van der Waals surface area contributed by atoms with Crippen LogP contribution in [0.4, 0.5) is 4.39 Å². The van der Waals surface area contributed by atoms with Crippen molar-refractivity contribution < 1.29 is 13.9 Å². The molecule has 0 unspecified atom stereocenters. The number of aromatic nitrogens is 4. The Labute approximate surface area is 155 Å². The minimum atomic E-state index is -0.248. The molecule has 0 fully saturated rings. The summed E-state index contributed by atoms with van der Waals surface area (Å²) in [7, 11) is 3.16. The van der Waals surface area contributed by atoms with Gasteiger partial charge in [0.05, 0.1) is 38.7 Å². The van der Waals surface area contributed by atoms with Crippen molar-refractivity contribution in [3.05, 3.63) is 66.4 Å². The minimum Gasteiger partial charge on any atom is -0.493 e. The molecule has 4 rings (SSSR count). The number of rotatable bonds is 5. The fourth-order valence-corrected chi connectivity index (χ4v) is 3.01. The Morgan fingerprint density at radius 1 is 1.04 bits per heavy atom. The van der Waals surface area contributed by atoms with E-state index in [0.717, 1.165) is 16.5 Å². The lowest BCUT2D eigenvalue weighted by Gasteiger charge is -2.10. The first kappa shape index (κ1) is 17.0. The van der Waals surface area contributed by atoms with E-state index in [4.69, 9.17) is 9.47 Å². The number of halogens is 1. The average molecular weight is 364 g/mol. The van der Waals surface area contributed by atoms with Crippen LogP contribution in [0.15, 0.2) is 55.0 Å². The molecular weight excluding hydrogens is 347 g/mol. The number of ether oxygens (including phenoxy) is 2. The third-order valence-corrected chi connectivity index (χ3v) is 4.38. The highest BCUT2D eigenvalue weighted by Crippen LogP contribution is 2.35. The van der Waals surface area contributed by atoms with Crippen LogP contribution in [-0.4, -0.2) is 34.2 Å². The topological polar surface area (TPSA) is 62.1 Å². The molecule has 0 aliphatic heterocycles. The summed E-state index contributed by atoms with van der Waals surface area (Å²) < 4.78 is 26.3. The second-order valence-corrected chi connectivity index (χ2v) is 6.00. The first-order chi connectivity index (χ1) is 13.2. The van der Waals surface area contributed by atoms with Crippen molar-refractivity contribution in [2.45, 2.75) is 6.54 Å². The van der Waals surface area contributed by atoms with E-state index in [1.54, 1.807) is 49.5 Å². The van der Waals surface area contributed by atoms with Crippen LogP contribution in [0.2, 0.25) is 0 Å². The lowest BCUT2D eigenvalue weighted by atomic mass is 10.1. The molecule has 0 atom stereocenters. The maximum Gasteiger partial charge on any atom is 0.162 e. The fourth-order valence-electron chi connectivity index (χ4n) is 3.01. The Kier molecular flexibility index (Phi) is 4.42. The van der Waals surface area contributed by atoms with Gasteiger partial charge in [0, 0.05) is 34.3 Å². The Hall–Kier alpha value is -3.48. The van der Waals surface area contributed by atoms with Crippen LogP contribution < -0.4 is 9.47 Å². The first-order valence-electron chi connectivity index (χ1n) is 8.33. The molecule has 2 heterocycles. The smallest absolute Gasteiger partial charge is 0.162 e. The molecule has 0 spiro atoms. The van der Waals surface area contributed by atoms with Crippen molar-refractivity contribution in [3.8, 4) is 22.6 Å². The van der Waals surface area contributed by atoms with Gasteiger partial charge in [-0.1, -0.05) is 18.2 Å². The monoisotopic (exact) mass is 364 g/mol.